The Balaban J connectivity index is 0.00000163. The zero-order valence-corrected chi connectivity index (χ0v) is 29.2. The number of allylic oxidation sites excluding steroid dienone is 2. The standard InChI is InChI=1S/2C19H14N.C2H4.2ClH.Zr/c2*1-13-10-15-7-8-16(12-17(15)11-13)18-6-2-4-14-5-3-9-20-19(14)18;1-2;;;/h2*2-12H,1H3;1-2H2;2*1H;/q;;;;;+2/p-2. The summed E-state index contributed by atoms with van der Waals surface area (Å²) < 4.78 is 4.15. The molecule has 0 amide bonds. The first kappa shape index (κ1) is 30.3. The third kappa shape index (κ3) is 4.70. The van der Waals surface area contributed by atoms with Gasteiger partial charge >= 0.3 is 259 Å². The third-order valence-electron chi connectivity index (χ3n) is 10.3. The third-order valence-corrected chi connectivity index (χ3v) is 23.8. The molecule has 2 aliphatic carbocycles. The number of hydrogen-bond donors (Lipinski definition) is 0. The van der Waals surface area contributed by atoms with Crippen molar-refractivity contribution in [2.24, 2.45) is 0 Å². The molecule has 3 heterocycles. The molecule has 2 aromatic heterocycles. The van der Waals surface area contributed by atoms with Crippen molar-refractivity contribution in [3.63, 3.8) is 0 Å². The van der Waals surface area contributed by atoms with Crippen LogP contribution < -0.4 is 24.8 Å². The molecule has 0 bridgehead atoms. The fraction of sp³-hybridized carbons (Fsp3) is 0.150. The minimum atomic E-state index is -2.73. The molecule has 4 aromatic carbocycles. The summed E-state index contributed by atoms with van der Waals surface area (Å²) in [5, 5.41) is 2.40. The van der Waals surface area contributed by atoms with Crippen molar-refractivity contribution >= 4 is 34.0 Å². The van der Waals surface area contributed by atoms with Crippen LogP contribution >= 0.6 is 0 Å². The van der Waals surface area contributed by atoms with Gasteiger partial charge in [0.1, 0.15) is 0 Å². The molecule has 45 heavy (non-hydrogen) atoms. The smallest absolute Gasteiger partial charge is 1.00 e. The molecule has 2 atom stereocenters. The molecule has 220 valence electrons. The zero-order chi connectivity index (χ0) is 28.7. The van der Waals surface area contributed by atoms with E-state index < -0.39 is 20.3 Å². The van der Waals surface area contributed by atoms with Crippen molar-refractivity contribution < 1.29 is 45.1 Å². The molecule has 0 radical (unpaired) electrons. The van der Waals surface area contributed by atoms with Crippen LogP contribution in [0.4, 0.5) is 0 Å². The molecule has 1 fully saturated rings. The number of rotatable bonds is 4. The summed E-state index contributed by atoms with van der Waals surface area (Å²) in [6.45, 7) is 4.82. The monoisotopic (exact) mass is 700 g/mol. The van der Waals surface area contributed by atoms with E-state index in [0.29, 0.717) is 7.25 Å². The maximum atomic E-state index is 4.78. The van der Waals surface area contributed by atoms with Gasteiger partial charge in [-0.3, -0.25) is 0 Å². The van der Waals surface area contributed by atoms with E-state index in [1.165, 1.54) is 52.4 Å². The molecule has 9 rings (SSSR count). The molecule has 0 saturated carbocycles. The molecule has 0 N–H and O–H groups in total. The SMILES string of the molecule is CC1=Cc2ccc(-c3cccc4cccnc34)cc2[CH]1[Zr+2]1([CH]2C(C)=Cc3ccc(-c4cccc5cccnc45)cc32)[CH2][CH2]1.[Cl-].[Cl-]. The minimum absolute atomic E-state index is 0. The number of fused-ring (bicyclic) bond motifs is 4. The second-order valence-corrected chi connectivity index (χ2v) is 24.2. The molecule has 3 aliphatic rings. The van der Waals surface area contributed by atoms with Crippen LogP contribution in [0, 0.1) is 0 Å². The normalized spacial score (nSPS) is 18.1. The van der Waals surface area contributed by atoms with Crippen LogP contribution in [0.25, 0.3) is 56.2 Å². The molecule has 2 unspecified atom stereocenters. The molecule has 5 heteroatoms. The van der Waals surface area contributed by atoms with E-state index in [-0.39, 0.29) is 24.8 Å². The van der Waals surface area contributed by atoms with Gasteiger partial charge in [0.2, 0.25) is 0 Å². The maximum Gasteiger partial charge on any atom is -1.00 e. The van der Waals surface area contributed by atoms with Crippen LogP contribution in [0.15, 0.2) is 121 Å². The van der Waals surface area contributed by atoms with E-state index >= 15 is 0 Å². The largest absolute Gasteiger partial charge is 1.00 e. The first-order valence-corrected chi connectivity index (χ1v) is 21.7. The van der Waals surface area contributed by atoms with Crippen LogP contribution in [0.2, 0.25) is 8.26 Å². The fourth-order valence-corrected chi connectivity index (χ4v) is 26.2. The van der Waals surface area contributed by atoms with Gasteiger partial charge in [0.15, 0.2) is 0 Å². The molecular weight excluding hydrogens is 671 g/mol. The topological polar surface area (TPSA) is 25.8 Å². The Morgan fingerprint density at radius 2 is 1.00 bits per heavy atom. The van der Waals surface area contributed by atoms with E-state index in [2.05, 4.69) is 111 Å². The first-order valence-electron chi connectivity index (χ1n) is 15.4. The number of benzene rings is 4. The van der Waals surface area contributed by atoms with Crippen LogP contribution in [0.3, 0.4) is 0 Å². The molecule has 1 saturated heterocycles. The number of aromatic nitrogens is 2. The molecule has 0 spiro atoms. The van der Waals surface area contributed by atoms with Gasteiger partial charge in [-0.2, -0.15) is 0 Å². The number of hydrogen-bond acceptors (Lipinski definition) is 2. The van der Waals surface area contributed by atoms with Gasteiger partial charge in [-0.15, -0.1) is 0 Å². The first-order chi connectivity index (χ1) is 21.1. The van der Waals surface area contributed by atoms with Crippen molar-refractivity contribution in [3.8, 4) is 22.3 Å². The van der Waals surface area contributed by atoms with Crippen LogP contribution in [0.1, 0.15) is 43.4 Å². The van der Waals surface area contributed by atoms with Gasteiger partial charge < -0.3 is 24.8 Å². The van der Waals surface area contributed by atoms with Crippen LogP contribution in [0.5, 0.6) is 0 Å². The summed E-state index contributed by atoms with van der Waals surface area (Å²) in [4.78, 5) is 9.57. The van der Waals surface area contributed by atoms with E-state index in [1.807, 2.05) is 24.5 Å². The Hall–Kier alpha value is -3.36. The van der Waals surface area contributed by atoms with Crippen molar-refractivity contribution in [2.75, 3.05) is 0 Å². The Kier molecular flexibility index (Phi) is 7.72. The zero-order valence-electron chi connectivity index (χ0n) is 25.3. The Labute approximate surface area is 281 Å². The Morgan fingerprint density at radius 3 is 1.44 bits per heavy atom. The van der Waals surface area contributed by atoms with E-state index in [0.717, 1.165) is 11.0 Å². The molecule has 6 aromatic rings. The number of para-hydroxylation sites is 2. The summed E-state index contributed by atoms with van der Waals surface area (Å²) in [5.74, 6) is 0. The summed E-state index contributed by atoms with van der Waals surface area (Å²) in [7, 11) is 0. The summed E-state index contributed by atoms with van der Waals surface area (Å²) in [6.07, 6.45) is 8.82. The van der Waals surface area contributed by atoms with E-state index in [4.69, 9.17) is 9.97 Å². The number of nitrogens with zero attached hydrogens (tertiary/aromatic N) is 2. The summed E-state index contributed by atoms with van der Waals surface area (Å²) in [5.41, 5.74) is 16.4. The van der Waals surface area contributed by atoms with Crippen molar-refractivity contribution in [1.29, 1.82) is 0 Å². The quantitative estimate of drug-likeness (QED) is 0.266. The number of halogens is 2. The minimum Gasteiger partial charge on any atom is -1.00 e. The van der Waals surface area contributed by atoms with Crippen LogP contribution in [-0.2, 0) is 20.3 Å². The maximum absolute atomic E-state index is 4.78. The van der Waals surface area contributed by atoms with Crippen LogP contribution in [-0.4, -0.2) is 9.97 Å². The summed E-state index contributed by atoms with van der Waals surface area (Å²) >= 11 is -2.73. The van der Waals surface area contributed by atoms with Gasteiger partial charge in [-0.1, -0.05) is 0 Å². The second kappa shape index (κ2) is 11.5. The van der Waals surface area contributed by atoms with Gasteiger partial charge in [0, 0.05) is 0 Å². The summed E-state index contributed by atoms with van der Waals surface area (Å²) in [6, 6.07) is 35.9. The van der Waals surface area contributed by atoms with E-state index in [1.54, 1.807) is 22.3 Å². The predicted molar refractivity (Wildman–Crippen MR) is 177 cm³/mol. The molecule has 1 aliphatic heterocycles. The predicted octanol–water partition coefficient (Wildman–Crippen LogP) is 4.75. The van der Waals surface area contributed by atoms with Gasteiger partial charge in [-0.25, -0.2) is 0 Å². The Bertz CT molecular complexity index is 2030. The van der Waals surface area contributed by atoms with Crippen molar-refractivity contribution in [1.82, 2.24) is 9.97 Å². The molecular formula is C40H32Cl2N2Zr. The van der Waals surface area contributed by atoms with E-state index in [9.17, 15) is 0 Å². The van der Waals surface area contributed by atoms with Gasteiger partial charge in [0.05, 0.1) is 0 Å². The van der Waals surface area contributed by atoms with Crippen molar-refractivity contribution in [2.45, 2.75) is 29.4 Å². The Morgan fingerprint density at radius 1 is 0.556 bits per heavy atom. The average molecular weight is 703 g/mol. The second-order valence-electron chi connectivity index (χ2n) is 12.8. The number of pyridine rings is 2. The average Bonchev–Trinajstić information content (AvgIpc) is 3.63. The van der Waals surface area contributed by atoms with Gasteiger partial charge in [0.25, 0.3) is 0 Å². The molecule has 2 nitrogen and oxygen atoms in total. The van der Waals surface area contributed by atoms with Gasteiger partial charge in [-0.05, 0) is 0 Å². The fourth-order valence-electron chi connectivity index (χ4n) is 8.48. The van der Waals surface area contributed by atoms with Crippen molar-refractivity contribution in [3.05, 3.63) is 143 Å².